The van der Waals surface area contributed by atoms with Gasteiger partial charge >= 0.3 is 0 Å². The zero-order valence-electron chi connectivity index (χ0n) is 21.0. The molecule has 2 aromatic carbocycles. The van der Waals surface area contributed by atoms with Gasteiger partial charge in [0, 0.05) is 42.6 Å². The molecule has 9 heteroatoms. The molecule has 1 aliphatic rings. The molecule has 2 aromatic heterocycles. The maximum Gasteiger partial charge on any atom is 0.250 e. The lowest BCUT2D eigenvalue weighted by Gasteiger charge is -2.11. The molecule has 0 aliphatic carbocycles. The molecule has 190 valence electrons. The van der Waals surface area contributed by atoms with Crippen LogP contribution >= 0.6 is 0 Å². The number of carbonyl (C=O) groups is 2. The molecule has 0 spiro atoms. The number of nitrogens with two attached hydrogens (primary N) is 2. The highest BCUT2D eigenvalue weighted by Crippen LogP contribution is 2.41. The lowest BCUT2D eigenvalue weighted by molar-refractivity contribution is -0.112. The van der Waals surface area contributed by atoms with E-state index >= 15 is 0 Å². The van der Waals surface area contributed by atoms with Gasteiger partial charge in [-0.15, -0.1) is 0 Å². The second-order valence-electron chi connectivity index (χ2n) is 8.81. The number of benzene rings is 2. The minimum absolute atomic E-state index is 0.236. The maximum atomic E-state index is 11.9. The van der Waals surface area contributed by atoms with Crippen LogP contribution in [0.3, 0.4) is 0 Å². The van der Waals surface area contributed by atoms with E-state index in [1.54, 1.807) is 19.1 Å². The van der Waals surface area contributed by atoms with E-state index < -0.39 is 5.91 Å². The Morgan fingerprint density at radius 3 is 2.16 bits per heavy atom. The molecule has 4 aromatic rings. The Balaban J connectivity index is 0.000000572. The second kappa shape index (κ2) is 11.0. The molecule has 37 heavy (non-hydrogen) atoms. The van der Waals surface area contributed by atoms with Gasteiger partial charge in [0.05, 0.1) is 11.1 Å². The number of anilines is 2. The number of ether oxygens (including phenoxy) is 1. The van der Waals surface area contributed by atoms with Crippen LogP contribution in [0, 0.1) is 0 Å². The van der Waals surface area contributed by atoms with Crippen molar-refractivity contribution in [3.05, 3.63) is 72.6 Å². The van der Waals surface area contributed by atoms with Crippen molar-refractivity contribution in [2.75, 3.05) is 24.3 Å². The van der Waals surface area contributed by atoms with Crippen LogP contribution < -0.4 is 16.8 Å². The number of rotatable bonds is 5. The summed E-state index contributed by atoms with van der Waals surface area (Å²) in [6.45, 7) is 7.31. The fraction of sp³-hybridized carbons (Fsp3) is 0.214. The Kier molecular flexibility index (Phi) is 7.64. The molecule has 2 amide bonds. The van der Waals surface area contributed by atoms with Crippen molar-refractivity contribution in [1.82, 2.24) is 14.5 Å². The summed E-state index contributed by atoms with van der Waals surface area (Å²) in [5.74, 6) is -0.373. The first kappa shape index (κ1) is 25.6. The topological polar surface area (TPSA) is 138 Å². The number of amides is 2. The molecular formula is C28H30N6O3. The third-order valence-electron chi connectivity index (χ3n) is 6.09. The molecule has 5 N–H and O–H groups in total. The van der Waals surface area contributed by atoms with Gasteiger partial charge in [-0.2, -0.15) is 0 Å². The number of hydrogen-bond donors (Lipinski definition) is 3. The summed E-state index contributed by atoms with van der Waals surface area (Å²) in [6.07, 6.45) is 3.98. The maximum absolute atomic E-state index is 11.9. The number of hydrogen-bond acceptors (Lipinski definition) is 6. The van der Waals surface area contributed by atoms with Crippen molar-refractivity contribution in [2.24, 2.45) is 12.8 Å². The molecule has 0 radical (unpaired) electrons. The highest BCUT2D eigenvalue weighted by atomic mass is 16.5. The first-order valence-electron chi connectivity index (χ1n) is 11.9. The summed E-state index contributed by atoms with van der Waals surface area (Å²) in [4.78, 5) is 32.0. The first-order chi connectivity index (χ1) is 17.8. The summed E-state index contributed by atoms with van der Waals surface area (Å²) < 4.78 is 6.90. The number of aryl methyl sites for hydroxylation is 1. The van der Waals surface area contributed by atoms with Crippen LogP contribution in [0.25, 0.3) is 33.4 Å². The third-order valence-corrected chi connectivity index (χ3v) is 6.09. The SMILES string of the molecule is C1CCOC1.C=C(C)C(=O)Nc1ccc(-c2c(-c3ccc(C(N)=O)cc3)c3c(N)ncnc3n2C)cc1. The predicted octanol–water partition coefficient (Wildman–Crippen LogP) is 4.29. The molecule has 9 nitrogen and oxygen atoms in total. The summed E-state index contributed by atoms with van der Waals surface area (Å²) in [5, 5.41) is 3.52. The Bertz CT molecular complexity index is 1440. The van der Waals surface area contributed by atoms with Crippen LogP contribution in [0.15, 0.2) is 67.0 Å². The molecule has 0 unspecified atom stereocenters. The van der Waals surface area contributed by atoms with Crippen molar-refractivity contribution in [2.45, 2.75) is 19.8 Å². The van der Waals surface area contributed by atoms with Gasteiger partial charge in [-0.1, -0.05) is 30.8 Å². The molecule has 5 rings (SSSR count). The normalized spacial score (nSPS) is 12.6. The average Bonchev–Trinajstić information content (AvgIpc) is 3.56. The predicted molar refractivity (Wildman–Crippen MR) is 146 cm³/mol. The van der Waals surface area contributed by atoms with Gasteiger partial charge in [0.2, 0.25) is 5.91 Å². The lowest BCUT2D eigenvalue weighted by Crippen LogP contribution is -2.11. The fourth-order valence-corrected chi connectivity index (χ4v) is 4.16. The molecule has 1 fully saturated rings. The van der Waals surface area contributed by atoms with Gasteiger partial charge in [-0.05, 0) is 55.2 Å². The largest absolute Gasteiger partial charge is 0.383 e. The van der Waals surface area contributed by atoms with Crippen molar-refractivity contribution in [1.29, 1.82) is 0 Å². The van der Waals surface area contributed by atoms with E-state index in [1.165, 1.54) is 19.2 Å². The smallest absolute Gasteiger partial charge is 0.250 e. The Morgan fingerprint density at radius 1 is 1.00 bits per heavy atom. The van der Waals surface area contributed by atoms with Crippen LogP contribution in [-0.4, -0.2) is 39.6 Å². The molecule has 0 bridgehead atoms. The number of nitrogens with one attached hydrogen (secondary N) is 1. The van der Waals surface area contributed by atoms with Crippen molar-refractivity contribution < 1.29 is 14.3 Å². The number of fused-ring (bicyclic) bond motifs is 1. The first-order valence-corrected chi connectivity index (χ1v) is 11.9. The summed E-state index contributed by atoms with van der Waals surface area (Å²) in [6, 6.07) is 14.5. The van der Waals surface area contributed by atoms with E-state index in [0.29, 0.717) is 28.3 Å². The Labute approximate surface area is 215 Å². The minimum Gasteiger partial charge on any atom is -0.383 e. The summed E-state index contributed by atoms with van der Waals surface area (Å²) >= 11 is 0. The molecular weight excluding hydrogens is 468 g/mol. The quantitative estimate of drug-likeness (QED) is 0.351. The van der Waals surface area contributed by atoms with E-state index in [4.69, 9.17) is 16.2 Å². The summed E-state index contributed by atoms with van der Waals surface area (Å²) in [7, 11) is 1.90. The number of aromatic nitrogens is 3. The van der Waals surface area contributed by atoms with Crippen LogP contribution in [0.5, 0.6) is 0 Å². The molecule has 1 aliphatic heterocycles. The van der Waals surface area contributed by atoms with Crippen molar-refractivity contribution in [3.63, 3.8) is 0 Å². The van der Waals surface area contributed by atoms with Gasteiger partial charge in [-0.25, -0.2) is 9.97 Å². The fourth-order valence-electron chi connectivity index (χ4n) is 4.16. The number of primary amides is 1. The Morgan fingerprint density at radius 2 is 1.62 bits per heavy atom. The second-order valence-corrected chi connectivity index (χ2v) is 8.81. The van der Waals surface area contributed by atoms with E-state index in [0.717, 1.165) is 41.0 Å². The van der Waals surface area contributed by atoms with E-state index in [-0.39, 0.29) is 5.91 Å². The van der Waals surface area contributed by atoms with Gasteiger partial charge in [0.15, 0.2) is 0 Å². The standard InChI is InChI=1S/C24H22N6O2.C4H8O/c1-13(2)24(32)29-17-10-8-15(9-11-17)20-18(14-4-6-16(7-5-14)22(26)31)19-21(25)27-12-28-23(19)30(20)3;1-2-4-5-3-1/h4-12H,1H2,2-3H3,(H2,26,31)(H,29,32)(H2,25,27,28);1-4H2. The van der Waals surface area contributed by atoms with Crippen LogP contribution in [-0.2, 0) is 16.6 Å². The number of nitrogen functional groups attached to an aromatic ring is 1. The number of carbonyl (C=O) groups excluding carboxylic acids is 2. The molecule has 1 saturated heterocycles. The highest BCUT2D eigenvalue weighted by Gasteiger charge is 2.22. The van der Waals surface area contributed by atoms with E-state index in [1.807, 2.05) is 48.0 Å². The monoisotopic (exact) mass is 498 g/mol. The zero-order valence-corrected chi connectivity index (χ0v) is 21.0. The van der Waals surface area contributed by atoms with Crippen LogP contribution in [0.4, 0.5) is 11.5 Å². The number of nitrogens with zero attached hydrogens (tertiary/aromatic N) is 3. The van der Waals surface area contributed by atoms with Gasteiger partial charge in [0.25, 0.3) is 5.91 Å². The molecule has 3 heterocycles. The van der Waals surface area contributed by atoms with Crippen LogP contribution in [0.2, 0.25) is 0 Å². The van der Waals surface area contributed by atoms with Gasteiger partial charge in [0.1, 0.15) is 17.8 Å². The Hall–Kier alpha value is -4.50. The lowest BCUT2D eigenvalue weighted by atomic mass is 9.97. The van der Waals surface area contributed by atoms with Crippen LogP contribution in [0.1, 0.15) is 30.1 Å². The molecule has 0 atom stereocenters. The van der Waals surface area contributed by atoms with Crippen molar-refractivity contribution in [3.8, 4) is 22.4 Å². The van der Waals surface area contributed by atoms with Gasteiger partial charge < -0.3 is 26.1 Å². The molecule has 0 saturated carbocycles. The van der Waals surface area contributed by atoms with Gasteiger partial charge in [-0.3, -0.25) is 9.59 Å². The van der Waals surface area contributed by atoms with E-state index in [9.17, 15) is 9.59 Å². The van der Waals surface area contributed by atoms with Crippen molar-refractivity contribution >= 4 is 34.4 Å². The van der Waals surface area contributed by atoms with E-state index in [2.05, 4.69) is 21.9 Å². The summed E-state index contributed by atoms with van der Waals surface area (Å²) in [5.41, 5.74) is 17.3. The highest BCUT2D eigenvalue weighted by molar-refractivity contribution is 6.08. The zero-order chi connectivity index (χ0) is 26.5. The average molecular weight is 499 g/mol. The minimum atomic E-state index is -0.495. The third kappa shape index (κ3) is 5.52.